The van der Waals surface area contributed by atoms with Crippen LogP contribution in [0.4, 0.5) is 22.9 Å². The van der Waals surface area contributed by atoms with Gasteiger partial charge < -0.3 is 29.4 Å². The quantitative estimate of drug-likeness (QED) is 0.131. The first-order valence-corrected chi connectivity index (χ1v) is 31.3. The smallest absolute Gasteiger partial charge is 0.254 e. The molecule has 21 heteroatoms. The molecule has 10 rings (SSSR count). The molecule has 0 atom stereocenters. The summed E-state index contributed by atoms with van der Waals surface area (Å²) in [6.07, 6.45) is 4.40. The van der Waals surface area contributed by atoms with Crippen molar-refractivity contribution in [3.63, 3.8) is 0 Å². The van der Waals surface area contributed by atoms with Crippen molar-refractivity contribution in [3.05, 3.63) is 152 Å². The first-order valence-electron chi connectivity index (χ1n) is 27.4. The molecule has 4 fully saturated rings. The fraction of sp³-hybridized carbons (Fsp3) is 0.383. The molecule has 18 nitrogen and oxygen atoms in total. The number of nitrogens with zero attached hydrogens (tertiary/aromatic N) is 11. The maximum atomic E-state index is 14.2. The van der Waals surface area contributed by atoms with Crippen molar-refractivity contribution in [1.29, 1.82) is 5.26 Å². The molecule has 4 aliphatic rings. The second-order valence-corrected chi connectivity index (χ2v) is 25.6. The number of benzene rings is 4. The summed E-state index contributed by atoms with van der Waals surface area (Å²) >= 11 is 6.44. The van der Waals surface area contributed by atoms with Gasteiger partial charge in [0.1, 0.15) is 16.8 Å². The Hall–Kier alpha value is -7.12. The van der Waals surface area contributed by atoms with Crippen LogP contribution in [-0.2, 0) is 33.0 Å². The predicted molar refractivity (Wildman–Crippen MR) is 318 cm³/mol. The largest absolute Gasteiger partial charge is 0.368 e. The van der Waals surface area contributed by atoms with E-state index in [9.17, 15) is 31.7 Å². The van der Waals surface area contributed by atoms with Crippen molar-refractivity contribution in [3.8, 4) is 17.2 Å². The molecule has 4 aromatic carbocycles. The number of aryl methyl sites for hydroxylation is 4. The van der Waals surface area contributed by atoms with Gasteiger partial charge in [0.25, 0.3) is 11.8 Å². The van der Waals surface area contributed by atoms with E-state index in [0.717, 1.165) is 97.0 Å². The molecule has 6 aromatic rings. The Morgan fingerprint density at radius 1 is 0.556 bits per heavy atom. The van der Waals surface area contributed by atoms with E-state index in [1.807, 2.05) is 75.9 Å². The summed E-state index contributed by atoms with van der Waals surface area (Å²) in [5, 5.41) is 17.1. The molecule has 0 aliphatic carbocycles. The zero-order valence-electron chi connectivity index (χ0n) is 46.6. The van der Waals surface area contributed by atoms with Gasteiger partial charge in [0.05, 0.1) is 27.6 Å². The van der Waals surface area contributed by atoms with E-state index in [2.05, 4.69) is 61.6 Å². The van der Waals surface area contributed by atoms with Crippen molar-refractivity contribution >= 4 is 66.2 Å². The molecular formula is C60H69ClN12O6S2. The van der Waals surface area contributed by atoms with Crippen LogP contribution in [0.3, 0.4) is 0 Å². The highest BCUT2D eigenvalue weighted by molar-refractivity contribution is 7.90. The lowest BCUT2D eigenvalue weighted by molar-refractivity contribution is 0.0738. The van der Waals surface area contributed by atoms with Crippen LogP contribution in [0.1, 0.15) is 59.7 Å². The van der Waals surface area contributed by atoms with Gasteiger partial charge in [0.15, 0.2) is 14.9 Å². The summed E-state index contributed by atoms with van der Waals surface area (Å²) in [6.45, 7) is 19.0. The summed E-state index contributed by atoms with van der Waals surface area (Å²) in [5.74, 6) is 0.707. The minimum absolute atomic E-state index is 0.0203. The first-order chi connectivity index (χ1) is 38.7. The molecular weight excluding hydrogens is 1080 g/mol. The molecule has 6 heterocycles. The first kappa shape index (κ1) is 57.1. The fourth-order valence-corrected chi connectivity index (χ4v) is 13.6. The molecule has 2 aromatic heterocycles. The zero-order valence-corrected chi connectivity index (χ0v) is 49.0. The molecule has 4 saturated heterocycles. The number of hydrogen-bond donors (Lipinski definition) is 1. The number of pyridine rings is 2. The summed E-state index contributed by atoms with van der Waals surface area (Å²) < 4.78 is 51.5. The maximum absolute atomic E-state index is 14.2. The lowest BCUT2D eigenvalue weighted by Gasteiger charge is -2.37. The topological polar surface area (TPSA) is 204 Å². The number of sulfone groups is 1. The Balaban J connectivity index is 0.747. The molecule has 4 aliphatic heterocycles. The second-order valence-electron chi connectivity index (χ2n) is 21.8. The van der Waals surface area contributed by atoms with Gasteiger partial charge in [0.2, 0.25) is 10.0 Å². The van der Waals surface area contributed by atoms with E-state index in [1.165, 1.54) is 6.20 Å². The number of hydrogen-bond acceptors (Lipinski definition) is 15. The van der Waals surface area contributed by atoms with E-state index in [4.69, 9.17) is 16.7 Å². The van der Waals surface area contributed by atoms with E-state index in [0.29, 0.717) is 116 Å². The number of primary sulfonamides is 1. The lowest BCUT2D eigenvalue weighted by Crippen LogP contribution is -2.49. The molecule has 0 unspecified atom stereocenters. The highest BCUT2D eigenvalue weighted by atomic mass is 35.5. The summed E-state index contributed by atoms with van der Waals surface area (Å²) in [6, 6.07) is 28.6. The number of nitrogens with two attached hydrogens (primary N) is 1. The Bertz CT molecular complexity index is 3660. The summed E-state index contributed by atoms with van der Waals surface area (Å²) in [5.41, 5.74) is 11.1. The highest BCUT2D eigenvalue weighted by Crippen LogP contribution is 2.35. The Morgan fingerprint density at radius 3 is 1.52 bits per heavy atom. The van der Waals surface area contributed by atoms with Gasteiger partial charge in [-0.05, 0) is 133 Å². The molecule has 0 spiro atoms. The number of rotatable bonds is 13. The van der Waals surface area contributed by atoms with Crippen molar-refractivity contribution in [1.82, 2.24) is 29.6 Å². The van der Waals surface area contributed by atoms with Crippen molar-refractivity contribution in [2.24, 2.45) is 5.14 Å². The molecule has 81 heavy (non-hydrogen) atoms. The van der Waals surface area contributed by atoms with Crippen molar-refractivity contribution < 1.29 is 26.4 Å². The van der Waals surface area contributed by atoms with Crippen LogP contribution in [-0.4, -0.2) is 169 Å². The van der Waals surface area contributed by atoms with Gasteiger partial charge in [0, 0.05) is 148 Å². The van der Waals surface area contributed by atoms with E-state index in [1.54, 1.807) is 36.5 Å². The number of carbonyl (C=O) groups excluding carboxylic acids is 2. The number of amides is 2. The Morgan fingerprint density at radius 2 is 1.01 bits per heavy atom. The molecule has 2 amide bonds. The highest BCUT2D eigenvalue weighted by Gasteiger charge is 2.31. The predicted octanol–water partition coefficient (Wildman–Crippen LogP) is 6.52. The van der Waals surface area contributed by atoms with E-state index >= 15 is 0 Å². The standard InChI is InChI=1S/C60H69ClN12O6S2/c1-41-32-44(4)51(60(75)73-30-26-70(27-31-73)55-9-7-15-65-58(55)80(5,76)77)35-48(41)39-66-16-20-68(21-17-66)53-12-10-45(34-47(53)38-62)46-11-13-54(56(37-46)81(63,78)79)69-24-28-72(29-25-69)59(74)50-36-49(42(2)33-43(50)3)40-67-18-22-71(23-19-67)57-52(61)8-6-14-64-57/h6-15,32-37H,16-31,39-40H2,1-5H3,(H2,63,78,79). The number of halogens is 1. The summed E-state index contributed by atoms with van der Waals surface area (Å²) in [4.78, 5) is 53.6. The van der Waals surface area contributed by atoms with Gasteiger partial charge >= 0.3 is 0 Å². The van der Waals surface area contributed by atoms with Crippen LogP contribution in [0.5, 0.6) is 0 Å². The third kappa shape index (κ3) is 12.5. The van der Waals surface area contributed by atoms with Crippen LogP contribution >= 0.6 is 11.6 Å². The third-order valence-electron chi connectivity index (χ3n) is 16.4. The second kappa shape index (κ2) is 23.8. The SMILES string of the molecule is Cc1cc(C)c(C(=O)N2CCN(c3cccnc3S(C)(=O)=O)CC2)cc1CN1CCN(c2ccc(-c3ccc(N4CCN(C(=O)c5cc(CN6CCN(c7ncccc7Cl)CC6)c(C)cc5C)CC4)c(S(N)(=O)=O)c3)cc2C#N)CC1. The Kier molecular flexibility index (Phi) is 16.8. The minimum atomic E-state index is -4.19. The van der Waals surface area contributed by atoms with E-state index < -0.39 is 19.9 Å². The van der Waals surface area contributed by atoms with Gasteiger partial charge in [-0.3, -0.25) is 19.4 Å². The molecule has 0 bridgehead atoms. The van der Waals surface area contributed by atoms with Crippen LogP contribution in [0.2, 0.25) is 5.02 Å². The summed E-state index contributed by atoms with van der Waals surface area (Å²) in [7, 11) is -7.71. The van der Waals surface area contributed by atoms with Crippen LogP contribution in [0.25, 0.3) is 11.1 Å². The maximum Gasteiger partial charge on any atom is 0.254 e. The monoisotopic (exact) mass is 1150 g/mol. The van der Waals surface area contributed by atoms with E-state index in [-0.39, 0.29) is 21.7 Å². The normalized spacial score (nSPS) is 16.9. The Labute approximate surface area is 480 Å². The molecule has 0 saturated carbocycles. The third-order valence-corrected chi connectivity index (χ3v) is 18.6. The minimum Gasteiger partial charge on any atom is -0.368 e. The van der Waals surface area contributed by atoms with Gasteiger partial charge in [-0.2, -0.15) is 5.26 Å². The van der Waals surface area contributed by atoms with Crippen molar-refractivity contribution in [2.45, 2.75) is 50.7 Å². The number of sulfonamides is 1. The fourth-order valence-electron chi connectivity index (χ4n) is 11.8. The van der Waals surface area contributed by atoms with Gasteiger partial charge in [-0.25, -0.2) is 31.9 Å². The number of anilines is 4. The average molecular weight is 1150 g/mol. The zero-order chi connectivity index (χ0) is 57.3. The van der Waals surface area contributed by atoms with Gasteiger partial charge in [-0.1, -0.05) is 35.9 Å². The number of piperazine rings is 4. The number of carbonyl (C=O) groups is 2. The molecule has 424 valence electrons. The number of aromatic nitrogens is 2. The lowest BCUT2D eigenvalue weighted by atomic mass is 9.98. The number of nitriles is 1. The van der Waals surface area contributed by atoms with Gasteiger partial charge in [-0.15, -0.1) is 0 Å². The molecule has 2 N–H and O–H groups in total. The molecule has 0 radical (unpaired) electrons. The average Bonchev–Trinajstić information content (AvgIpc) is 3.46. The van der Waals surface area contributed by atoms with Crippen LogP contribution in [0.15, 0.2) is 107 Å². The van der Waals surface area contributed by atoms with Crippen molar-refractivity contribution in [2.75, 3.05) is 131 Å². The van der Waals surface area contributed by atoms with Crippen LogP contribution < -0.4 is 24.7 Å². The van der Waals surface area contributed by atoms with Crippen LogP contribution in [0, 0.1) is 39.0 Å².